The highest BCUT2D eigenvalue weighted by Crippen LogP contribution is 2.56. The monoisotopic (exact) mass is 415 g/mol. The van der Waals surface area contributed by atoms with Crippen LogP contribution in [0.5, 0.6) is 0 Å². The van der Waals surface area contributed by atoms with Crippen molar-refractivity contribution in [3.8, 4) is 0 Å². The molecule has 4 aliphatic rings. The van der Waals surface area contributed by atoms with Gasteiger partial charge in [0.15, 0.2) is 0 Å². The Kier molecular flexibility index (Phi) is 4.72. The third-order valence-corrected chi connectivity index (χ3v) is 8.84. The Hall–Kier alpha value is -1.96. The van der Waals surface area contributed by atoms with E-state index in [-0.39, 0.29) is 6.04 Å². The average Bonchev–Trinajstić information content (AvgIpc) is 3.52. The summed E-state index contributed by atoms with van der Waals surface area (Å²) < 4.78 is 10.2. The van der Waals surface area contributed by atoms with E-state index >= 15 is 0 Å². The van der Waals surface area contributed by atoms with E-state index in [1.165, 1.54) is 80.3 Å². The molecule has 164 valence electrons. The number of anilines is 2. The van der Waals surface area contributed by atoms with Crippen LogP contribution in [-0.4, -0.2) is 18.2 Å². The minimum atomic E-state index is -0.503. The first-order chi connectivity index (χ1) is 15.6. The van der Waals surface area contributed by atoms with Crippen molar-refractivity contribution in [3.05, 3.63) is 59.7 Å². The molecule has 3 fully saturated rings. The van der Waals surface area contributed by atoms with Gasteiger partial charge in [0.1, 0.15) is 6.17 Å². The van der Waals surface area contributed by atoms with E-state index in [1.54, 1.807) is 0 Å². The number of aryl methyl sites for hydroxylation is 1. The van der Waals surface area contributed by atoms with Gasteiger partial charge in [0.2, 0.25) is 0 Å². The Morgan fingerprint density at radius 1 is 0.742 bits per heavy atom. The molecule has 0 spiro atoms. The summed E-state index contributed by atoms with van der Waals surface area (Å²) in [5, 5.41) is 0. The number of nitrogens with zero attached hydrogens (tertiary/aromatic N) is 2. The van der Waals surface area contributed by atoms with Gasteiger partial charge in [0, 0.05) is 24.7 Å². The molecule has 2 nitrogen and oxygen atoms in total. The van der Waals surface area contributed by atoms with E-state index in [0.29, 0.717) is 24.0 Å². The highest BCUT2D eigenvalue weighted by molar-refractivity contribution is 5.70. The van der Waals surface area contributed by atoms with Crippen LogP contribution in [-0.2, 0) is 0 Å². The largest absolute Gasteiger partial charge is 0.346 e. The zero-order valence-electron chi connectivity index (χ0n) is 20.3. The van der Waals surface area contributed by atoms with Gasteiger partial charge in [-0.25, -0.2) is 0 Å². The van der Waals surface area contributed by atoms with Crippen LogP contribution in [0.1, 0.15) is 83.1 Å². The third-order valence-electron chi connectivity index (χ3n) is 8.84. The lowest BCUT2D eigenvalue weighted by Gasteiger charge is -2.41. The van der Waals surface area contributed by atoms with Crippen molar-refractivity contribution in [2.45, 2.75) is 95.8 Å². The van der Waals surface area contributed by atoms with Gasteiger partial charge in [-0.05, 0) is 74.6 Å². The SMILES string of the molecule is [2H]C1(C2CCCC2)c2ccccc2N2C(C3CCCCC3)N(c3ccccc3C)[C@@H](C)C21. The number of rotatable bonds is 3. The zero-order valence-corrected chi connectivity index (χ0v) is 19.3. The summed E-state index contributed by atoms with van der Waals surface area (Å²) in [6.07, 6.45) is 12.1. The van der Waals surface area contributed by atoms with Crippen LogP contribution in [0.4, 0.5) is 11.4 Å². The summed E-state index contributed by atoms with van der Waals surface area (Å²) in [6.45, 7) is 4.69. The molecule has 0 bridgehead atoms. The van der Waals surface area contributed by atoms with Gasteiger partial charge in [0.05, 0.1) is 6.04 Å². The van der Waals surface area contributed by atoms with Crippen LogP contribution in [0.15, 0.2) is 48.5 Å². The van der Waals surface area contributed by atoms with Crippen LogP contribution in [0, 0.1) is 18.8 Å². The first kappa shape index (κ1) is 18.6. The summed E-state index contributed by atoms with van der Waals surface area (Å²) in [5.74, 6) is 0.649. The molecule has 0 radical (unpaired) electrons. The molecule has 0 N–H and O–H groups in total. The molecule has 0 amide bonds. The van der Waals surface area contributed by atoms with E-state index < -0.39 is 5.89 Å². The minimum absolute atomic E-state index is 0.231. The van der Waals surface area contributed by atoms with Crippen molar-refractivity contribution >= 4 is 11.4 Å². The molecule has 0 aromatic heterocycles. The lowest BCUT2D eigenvalue weighted by atomic mass is 9.79. The zero-order chi connectivity index (χ0) is 21.9. The Bertz CT molecular complexity index is 977. The summed E-state index contributed by atoms with van der Waals surface area (Å²) in [7, 11) is 0. The molecule has 31 heavy (non-hydrogen) atoms. The molecule has 1 saturated heterocycles. The summed E-state index contributed by atoms with van der Waals surface area (Å²) >= 11 is 0. The van der Waals surface area contributed by atoms with Gasteiger partial charge in [-0.1, -0.05) is 68.5 Å². The molecule has 6 rings (SSSR count). The maximum absolute atomic E-state index is 10.2. The van der Waals surface area contributed by atoms with E-state index in [9.17, 15) is 1.37 Å². The van der Waals surface area contributed by atoms with E-state index in [4.69, 9.17) is 0 Å². The molecule has 2 aliphatic heterocycles. The second-order valence-corrected chi connectivity index (χ2v) is 10.6. The quantitative estimate of drug-likeness (QED) is 0.520. The van der Waals surface area contributed by atoms with Gasteiger partial charge in [-0.3, -0.25) is 0 Å². The molecular formula is C29H38N2. The Balaban J connectivity index is 1.53. The molecular weight excluding hydrogens is 376 g/mol. The predicted octanol–water partition coefficient (Wildman–Crippen LogP) is 7.27. The van der Waals surface area contributed by atoms with Crippen molar-refractivity contribution < 1.29 is 1.37 Å². The molecule has 2 aromatic carbocycles. The van der Waals surface area contributed by atoms with Crippen molar-refractivity contribution in [2.75, 3.05) is 9.80 Å². The summed E-state index contributed by atoms with van der Waals surface area (Å²) in [4.78, 5) is 5.51. The fourth-order valence-electron chi connectivity index (χ4n) is 7.53. The van der Waals surface area contributed by atoms with Crippen molar-refractivity contribution in [1.29, 1.82) is 0 Å². The average molecular weight is 416 g/mol. The van der Waals surface area contributed by atoms with Crippen LogP contribution >= 0.6 is 0 Å². The first-order valence-electron chi connectivity index (χ1n) is 13.3. The van der Waals surface area contributed by atoms with Crippen LogP contribution in [0.3, 0.4) is 0 Å². The number of benzene rings is 2. The van der Waals surface area contributed by atoms with E-state index in [0.717, 1.165) is 0 Å². The maximum Gasteiger partial charge on any atom is 0.105 e. The van der Waals surface area contributed by atoms with E-state index in [1.807, 2.05) is 0 Å². The Morgan fingerprint density at radius 2 is 1.35 bits per heavy atom. The molecule has 2 aliphatic carbocycles. The van der Waals surface area contributed by atoms with Gasteiger partial charge >= 0.3 is 0 Å². The first-order valence-corrected chi connectivity index (χ1v) is 12.8. The molecule has 3 unspecified atom stereocenters. The predicted molar refractivity (Wildman–Crippen MR) is 131 cm³/mol. The number of para-hydroxylation sites is 2. The Morgan fingerprint density at radius 3 is 2.10 bits per heavy atom. The standard InChI is InChI=1S/C29H38N2/c1-20-12-6-10-18-25(20)30-21(2)28-27(22-13-7-8-14-22)24-17-9-11-19-26(24)31(28)29(30)23-15-4-3-5-16-23/h6,9-12,17-19,21-23,27-29H,3-5,7-8,13-16H2,1-2H3/t21-,27?,28?,29?/m0/s1/i27D. The van der Waals surface area contributed by atoms with Crippen molar-refractivity contribution in [1.82, 2.24) is 0 Å². The Labute approximate surface area is 190 Å². The van der Waals surface area contributed by atoms with Crippen LogP contribution < -0.4 is 9.80 Å². The smallest absolute Gasteiger partial charge is 0.105 e. The highest BCUT2D eigenvalue weighted by Gasteiger charge is 2.56. The highest BCUT2D eigenvalue weighted by atomic mass is 15.5. The normalized spacial score (nSPS) is 34.1. The molecule has 2 aromatic rings. The van der Waals surface area contributed by atoms with Gasteiger partial charge in [-0.15, -0.1) is 0 Å². The lowest BCUT2D eigenvalue weighted by molar-refractivity contribution is 0.301. The van der Waals surface area contributed by atoms with Gasteiger partial charge in [0.25, 0.3) is 0 Å². The summed E-state index contributed by atoms with van der Waals surface area (Å²) in [6, 6.07) is 18.5. The fourth-order valence-corrected chi connectivity index (χ4v) is 7.53. The number of hydrogen-bond donors (Lipinski definition) is 0. The van der Waals surface area contributed by atoms with E-state index in [2.05, 4.69) is 72.2 Å². The van der Waals surface area contributed by atoms with Gasteiger partial charge < -0.3 is 9.80 Å². The third kappa shape index (κ3) is 3.04. The fraction of sp³-hybridized carbons (Fsp3) is 0.586. The minimum Gasteiger partial charge on any atom is -0.346 e. The second kappa shape index (κ2) is 7.87. The van der Waals surface area contributed by atoms with Crippen molar-refractivity contribution in [3.63, 3.8) is 0 Å². The van der Waals surface area contributed by atoms with Crippen molar-refractivity contribution in [2.24, 2.45) is 11.8 Å². The summed E-state index contributed by atoms with van der Waals surface area (Å²) in [5.41, 5.74) is 5.43. The molecule has 2 heterocycles. The number of hydrogen-bond acceptors (Lipinski definition) is 2. The van der Waals surface area contributed by atoms with Crippen LogP contribution in [0.2, 0.25) is 0 Å². The second-order valence-electron chi connectivity index (χ2n) is 10.6. The van der Waals surface area contributed by atoms with Crippen LogP contribution in [0.25, 0.3) is 0 Å². The van der Waals surface area contributed by atoms with Gasteiger partial charge in [-0.2, -0.15) is 0 Å². The maximum atomic E-state index is 10.2. The molecule has 2 saturated carbocycles. The number of fused-ring (bicyclic) bond motifs is 3. The molecule has 2 heteroatoms. The molecule has 4 atom stereocenters. The lowest BCUT2D eigenvalue weighted by Crippen LogP contribution is -2.47. The topological polar surface area (TPSA) is 6.48 Å².